The van der Waals surface area contributed by atoms with Crippen LogP contribution in [0.5, 0.6) is 0 Å². The highest BCUT2D eigenvalue weighted by atomic mass is 16.5. The Balaban J connectivity index is 1.82. The second kappa shape index (κ2) is 5.33. The third kappa shape index (κ3) is 2.78. The van der Waals surface area contributed by atoms with E-state index in [-0.39, 0.29) is 5.84 Å². The molecule has 0 aromatic rings. The van der Waals surface area contributed by atoms with E-state index in [1.165, 1.54) is 6.42 Å². The van der Waals surface area contributed by atoms with Crippen LogP contribution in [0.15, 0.2) is 0 Å². The van der Waals surface area contributed by atoms with Gasteiger partial charge in [-0.3, -0.25) is 5.41 Å². The van der Waals surface area contributed by atoms with E-state index in [9.17, 15) is 0 Å². The summed E-state index contributed by atoms with van der Waals surface area (Å²) in [5.74, 6) is 0.853. The van der Waals surface area contributed by atoms with Crippen LogP contribution in [0.25, 0.3) is 0 Å². The minimum absolute atomic E-state index is 0.170. The summed E-state index contributed by atoms with van der Waals surface area (Å²) in [7, 11) is 1.65. The molecule has 0 saturated carbocycles. The third-order valence-corrected chi connectivity index (χ3v) is 4.09. The summed E-state index contributed by atoms with van der Waals surface area (Å²) in [5.41, 5.74) is 5.13. The fraction of sp³-hybridized carbons (Fsp3) is 0.917. The quantitative estimate of drug-likeness (QED) is 0.553. The van der Waals surface area contributed by atoms with Crippen molar-refractivity contribution >= 4 is 5.84 Å². The predicted octanol–water partition coefficient (Wildman–Crippen LogP) is 0.440. The van der Waals surface area contributed by atoms with Crippen LogP contribution in [-0.2, 0) is 9.47 Å². The van der Waals surface area contributed by atoms with Crippen molar-refractivity contribution in [2.24, 2.45) is 11.7 Å². The summed E-state index contributed by atoms with van der Waals surface area (Å²) in [6.45, 7) is 4.85. The summed E-state index contributed by atoms with van der Waals surface area (Å²) in [6.07, 6.45) is 2.83. The molecule has 17 heavy (non-hydrogen) atoms. The van der Waals surface area contributed by atoms with Gasteiger partial charge in [0.15, 0.2) is 0 Å². The Morgan fingerprint density at radius 1 is 1.53 bits per heavy atom. The Hall–Kier alpha value is -0.650. The van der Waals surface area contributed by atoms with Crippen LogP contribution in [-0.4, -0.2) is 56.3 Å². The van der Waals surface area contributed by atoms with Crippen molar-refractivity contribution in [2.45, 2.75) is 24.9 Å². The molecule has 2 saturated heterocycles. The molecule has 2 fully saturated rings. The first-order valence-corrected chi connectivity index (χ1v) is 6.36. The molecular formula is C12H23N3O2. The molecule has 98 valence electrons. The van der Waals surface area contributed by atoms with Crippen molar-refractivity contribution in [2.75, 3.05) is 40.0 Å². The van der Waals surface area contributed by atoms with E-state index in [0.717, 1.165) is 45.7 Å². The van der Waals surface area contributed by atoms with Crippen molar-refractivity contribution in [3.8, 4) is 0 Å². The highest BCUT2D eigenvalue weighted by Gasteiger charge is 2.38. The monoisotopic (exact) mass is 241 g/mol. The van der Waals surface area contributed by atoms with Crippen molar-refractivity contribution in [1.82, 2.24) is 4.90 Å². The van der Waals surface area contributed by atoms with Crippen LogP contribution in [0.4, 0.5) is 0 Å². The molecule has 2 heterocycles. The lowest BCUT2D eigenvalue weighted by Gasteiger charge is -2.40. The zero-order valence-corrected chi connectivity index (χ0v) is 10.6. The minimum Gasteiger partial charge on any atom is -0.385 e. The van der Waals surface area contributed by atoms with Gasteiger partial charge >= 0.3 is 0 Å². The Labute approximate surface area is 103 Å². The summed E-state index contributed by atoms with van der Waals surface area (Å²) in [6, 6.07) is 0. The predicted molar refractivity (Wildman–Crippen MR) is 66.3 cm³/mol. The summed E-state index contributed by atoms with van der Waals surface area (Å²) >= 11 is 0. The molecule has 5 nitrogen and oxygen atoms in total. The van der Waals surface area contributed by atoms with Crippen LogP contribution >= 0.6 is 0 Å². The number of rotatable bonds is 4. The molecule has 0 bridgehead atoms. The average Bonchev–Trinajstić information content (AvgIpc) is 2.83. The van der Waals surface area contributed by atoms with Crippen LogP contribution in [0.2, 0.25) is 0 Å². The molecule has 5 heteroatoms. The Bertz CT molecular complexity index is 269. The van der Waals surface area contributed by atoms with E-state index in [0.29, 0.717) is 5.92 Å². The molecule has 2 rings (SSSR count). The van der Waals surface area contributed by atoms with E-state index in [2.05, 4.69) is 4.90 Å². The van der Waals surface area contributed by atoms with Crippen molar-refractivity contribution in [1.29, 1.82) is 5.41 Å². The standard InChI is InChI=1S/C12H23N3O2/c1-16-12(11(13)14)3-5-15(6-4-12)8-10-2-7-17-9-10/h10H,2-9H2,1H3,(H3,13,14). The number of nitrogens with one attached hydrogen (secondary N) is 1. The largest absolute Gasteiger partial charge is 0.385 e. The molecule has 0 aliphatic carbocycles. The van der Waals surface area contributed by atoms with Crippen LogP contribution < -0.4 is 5.73 Å². The summed E-state index contributed by atoms with van der Waals surface area (Å²) < 4.78 is 10.9. The lowest BCUT2D eigenvalue weighted by molar-refractivity contribution is -0.00913. The highest BCUT2D eigenvalue weighted by Crippen LogP contribution is 2.26. The Morgan fingerprint density at radius 3 is 2.71 bits per heavy atom. The number of piperidine rings is 1. The fourth-order valence-electron chi connectivity index (χ4n) is 2.77. The first-order chi connectivity index (χ1) is 8.16. The van der Waals surface area contributed by atoms with Crippen molar-refractivity contribution in [3.63, 3.8) is 0 Å². The van der Waals surface area contributed by atoms with Crippen LogP contribution in [0.3, 0.4) is 0 Å². The molecule has 3 N–H and O–H groups in total. The van der Waals surface area contributed by atoms with E-state index < -0.39 is 5.60 Å². The van der Waals surface area contributed by atoms with Gasteiger partial charge in [0.05, 0.1) is 6.61 Å². The molecule has 0 spiro atoms. The number of likely N-dealkylation sites (tertiary alicyclic amines) is 1. The van der Waals surface area contributed by atoms with Gasteiger partial charge in [0, 0.05) is 33.4 Å². The molecular weight excluding hydrogens is 218 g/mol. The maximum Gasteiger partial charge on any atom is 0.126 e. The molecule has 0 radical (unpaired) electrons. The normalized spacial score (nSPS) is 29.4. The van der Waals surface area contributed by atoms with E-state index >= 15 is 0 Å². The van der Waals surface area contributed by atoms with Crippen LogP contribution in [0.1, 0.15) is 19.3 Å². The van der Waals surface area contributed by atoms with E-state index in [1.807, 2.05) is 0 Å². The zero-order chi connectivity index (χ0) is 12.3. The molecule has 1 unspecified atom stereocenters. The van der Waals surface area contributed by atoms with Gasteiger partial charge < -0.3 is 20.1 Å². The number of amidine groups is 1. The van der Waals surface area contributed by atoms with Gasteiger partial charge in [-0.1, -0.05) is 0 Å². The third-order valence-electron chi connectivity index (χ3n) is 4.09. The number of hydrogen-bond acceptors (Lipinski definition) is 4. The van der Waals surface area contributed by atoms with E-state index in [4.69, 9.17) is 20.6 Å². The molecule has 1 atom stereocenters. The van der Waals surface area contributed by atoms with Gasteiger partial charge in [-0.15, -0.1) is 0 Å². The SMILES string of the molecule is COC1(C(=N)N)CCN(CC2CCOC2)CC1. The summed E-state index contributed by atoms with van der Waals surface area (Å²) in [4.78, 5) is 2.44. The molecule has 2 aliphatic rings. The Morgan fingerprint density at radius 2 is 2.24 bits per heavy atom. The maximum absolute atomic E-state index is 7.64. The molecule has 2 aliphatic heterocycles. The van der Waals surface area contributed by atoms with Gasteiger partial charge in [-0.25, -0.2) is 0 Å². The number of nitrogens with zero attached hydrogens (tertiary/aromatic N) is 1. The lowest BCUT2D eigenvalue weighted by Crippen LogP contribution is -2.53. The van der Waals surface area contributed by atoms with Gasteiger partial charge in [-0.2, -0.15) is 0 Å². The van der Waals surface area contributed by atoms with Gasteiger partial charge in [-0.05, 0) is 25.2 Å². The maximum atomic E-state index is 7.64. The lowest BCUT2D eigenvalue weighted by atomic mass is 9.89. The van der Waals surface area contributed by atoms with Crippen molar-refractivity contribution in [3.05, 3.63) is 0 Å². The van der Waals surface area contributed by atoms with Crippen molar-refractivity contribution < 1.29 is 9.47 Å². The topological polar surface area (TPSA) is 71.6 Å². The molecule has 0 aromatic carbocycles. The average molecular weight is 241 g/mol. The Kier molecular flexibility index (Phi) is 4.01. The van der Waals surface area contributed by atoms with Gasteiger partial charge in [0.25, 0.3) is 0 Å². The number of hydrogen-bond donors (Lipinski definition) is 2. The number of nitrogens with two attached hydrogens (primary N) is 1. The highest BCUT2D eigenvalue weighted by molar-refractivity contribution is 5.86. The minimum atomic E-state index is -0.511. The molecule has 0 amide bonds. The first-order valence-electron chi connectivity index (χ1n) is 6.36. The van der Waals surface area contributed by atoms with Gasteiger partial charge in [0.1, 0.15) is 11.4 Å². The van der Waals surface area contributed by atoms with E-state index in [1.54, 1.807) is 7.11 Å². The fourth-order valence-corrected chi connectivity index (χ4v) is 2.77. The number of ether oxygens (including phenoxy) is 2. The molecule has 0 aromatic heterocycles. The summed E-state index contributed by atoms with van der Waals surface area (Å²) in [5, 5.41) is 7.64. The number of methoxy groups -OCH3 is 1. The van der Waals surface area contributed by atoms with Gasteiger partial charge in [0.2, 0.25) is 0 Å². The zero-order valence-electron chi connectivity index (χ0n) is 10.6. The second-order valence-electron chi connectivity index (χ2n) is 5.14. The van der Waals surface area contributed by atoms with Crippen LogP contribution in [0, 0.1) is 11.3 Å². The second-order valence-corrected chi connectivity index (χ2v) is 5.14. The smallest absolute Gasteiger partial charge is 0.126 e. The first kappa shape index (κ1) is 12.8.